The van der Waals surface area contributed by atoms with Crippen molar-refractivity contribution < 1.29 is 14.3 Å². The maximum absolute atomic E-state index is 12.0. The lowest BCUT2D eigenvalue weighted by Gasteiger charge is -2.31. The molecule has 1 saturated heterocycles. The van der Waals surface area contributed by atoms with E-state index in [-0.39, 0.29) is 18.5 Å². The Balaban J connectivity index is 2.38. The van der Waals surface area contributed by atoms with E-state index in [0.29, 0.717) is 6.42 Å². The van der Waals surface area contributed by atoms with E-state index >= 15 is 0 Å². The second-order valence-electron chi connectivity index (χ2n) is 5.52. The maximum atomic E-state index is 12.0. The van der Waals surface area contributed by atoms with Gasteiger partial charge in [0.05, 0.1) is 19.3 Å². The molecule has 3 amide bonds. The summed E-state index contributed by atoms with van der Waals surface area (Å²) in [6.07, 6.45) is 2.27. The van der Waals surface area contributed by atoms with Crippen LogP contribution in [0, 0.1) is 13.8 Å². The Bertz CT molecular complexity index is 600. The van der Waals surface area contributed by atoms with E-state index in [0.717, 1.165) is 22.6 Å². The molecule has 1 aromatic heterocycles. The molecule has 2 heterocycles. The zero-order valence-corrected chi connectivity index (χ0v) is 13.1. The zero-order chi connectivity index (χ0) is 15.8. The summed E-state index contributed by atoms with van der Waals surface area (Å²) in [4.78, 5) is 30.0. The van der Waals surface area contributed by atoms with E-state index in [1.165, 1.54) is 0 Å². The number of aryl methyl sites for hydroxylation is 1. The lowest BCUT2D eigenvalue weighted by Crippen LogP contribution is -2.46. The molecule has 0 aliphatic carbocycles. The molecule has 1 atom stereocenters. The van der Waals surface area contributed by atoms with Crippen LogP contribution in [-0.4, -0.2) is 34.5 Å². The first-order chi connectivity index (χ1) is 9.85. The molecule has 0 radical (unpaired) electrons. The maximum Gasteiger partial charge on any atom is 0.325 e. The van der Waals surface area contributed by atoms with Gasteiger partial charge in [0.25, 0.3) is 5.91 Å². The Hall–Kier alpha value is -2.11. The van der Waals surface area contributed by atoms with Crippen LogP contribution in [0.2, 0.25) is 0 Å². The number of pyridine rings is 1. The van der Waals surface area contributed by atoms with Crippen LogP contribution < -0.4 is 10.1 Å². The van der Waals surface area contributed by atoms with Gasteiger partial charge in [-0.1, -0.05) is 6.92 Å². The number of imide groups is 1. The fraction of sp³-hybridized carbons (Fsp3) is 0.533. The van der Waals surface area contributed by atoms with Crippen molar-refractivity contribution in [2.75, 3.05) is 7.11 Å². The molecule has 0 spiro atoms. The molecule has 1 aliphatic rings. The SMILES string of the molecule is CCC1(C)C(=O)NC(=O)N1Cc1ncc(C)c(OC)c1C. The molecule has 1 unspecified atom stereocenters. The average molecular weight is 291 g/mol. The molecule has 0 bridgehead atoms. The van der Waals surface area contributed by atoms with Crippen LogP contribution in [0.3, 0.4) is 0 Å². The highest BCUT2D eigenvalue weighted by Crippen LogP contribution is 2.30. The Morgan fingerprint density at radius 1 is 1.38 bits per heavy atom. The second kappa shape index (κ2) is 5.35. The number of rotatable bonds is 4. The van der Waals surface area contributed by atoms with Crippen molar-refractivity contribution in [3.05, 3.63) is 23.0 Å². The summed E-state index contributed by atoms with van der Waals surface area (Å²) < 4.78 is 5.38. The van der Waals surface area contributed by atoms with Crippen LogP contribution in [0.5, 0.6) is 5.75 Å². The quantitative estimate of drug-likeness (QED) is 0.860. The molecule has 0 saturated carbocycles. The van der Waals surface area contributed by atoms with Gasteiger partial charge < -0.3 is 9.64 Å². The van der Waals surface area contributed by atoms with E-state index in [1.807, 2.05) is 20.8 Å². The largest absolute Gasteiger partial charge is 0.496 e. The van der Waals surface area contributed by atoms with Crippen LogP contribution in [0.4, 0.5) is 4.79 Å². The topological polar surface area (TPSA) is 71.5 Å². The number of urea groups is 1. The third-order valence-electron chi connectivity index (χ3n) is 4.30. The minimum absolute atomic E-state index is 0.258. The fourth-order valence-corrected chi connectivity index (χ4v) is 2.62. The molecule has 1 aliphatic heterocycles. The first kappa shape index (κ1) is 15.3. The van der Waals surface area contributed by atoms with E-state index in [9.17, 15) is 9.59 Å². The number of aromatic nitrogens is 1. The molecule has 21 heavy (non-hydrogen) atoms. The number of amides is 3. The number of hydrogen-bond donors (Lipinski definition) is 1. The first-order valence-corrected chi connectivity index (χ1v) is 6.97. The van der Waals surface area contributed by atoms with Gasteiger partial charge >= 0.3 is 6.03 Å². The van der Waals surface area contributed by atoms with Crippen molar-refractivity contribution in [3.8, 4) is 5.75 Å². The van der Waals surface area contributed by atoms with Gasteiger partial charge in [0.1, 0.15) is 11.3 Å². The number of nitrogens with zero attached hydrogens (tertiary/aromatic N) is 2. The predicted octanol–water partition coefficient (Wildman–Crippen LogP) is 1.93. The lowest BCUT2D eigenvalue weighted by molar-refractivity contribution is -0.126. The number of nitrogens with one attached hydrogen (secondary N) is 1. The summed E-state index contributed by atoms with van der Waals surface area (Å²) in [6, 6.07) is -0.370. The number of ether oxygens (including phenoxy) is 1. The highest BCUT2D eigenvalue weighted by Gasteiger charge is 2.48. The third-order valence-corrected chi connectivity index (χ3v) is 4.30. The molecule has 6 heteroatoms. The fourth-order valence-electron chi connectivity index (χ4n) is 2.62. The van der Waals surface area contributed by atoms with Crippen molar-refractivity contribution in [1.82, 2.24) is 15.2 Å². The van der Waals surface area contributed by atoms with Crippen molar-refractivity contribution in [2.24, 2.45) is 0 Å². The average Bonchev–Trinajstić information content (AvgIpc) is 2.66. The molecular formula is C15H21N3O3. The van der Waals surface area contributed by atoms with Crippen molar-refractivity contribution in [3.63, 3.8) is 0 Å². The smallest absolute Gasteiger partial charge is 0.325 e. The number of methoxy groups -OCH3 is 1. The molecule has 1 aromatic rings. The number of hydrogen-bond acceptors (Lipinski definition) is 4. The molecule has 1 fully saturated rings. The van der Waals surface area contributed by atoms with Gasteiger partial charge in [0.2, 0.25) is 0 Å². The van der Waals surface area contributed by atoms with E-state index < -0.39 is 5.54 Å². The minimum atomic E-state index is -0.830. The summed E-state index contributed by atoms with van der Waals surface area (Å²) in [5, 5.41) is 2.38. The van der Waals surface area contributed by atoms with Crippen molar-refractivity contribution >= 4 is 11.9 Å². The Kier molecular flexibility index (Phi) is 3.89. The normalized spacial score (nSPS) is 21.7. The van der Waals surface area contributed by atoms with Crippen molar-refractivity contribution in [1.29, 1.82) is 0 Å². The summed E-state index contributed by atoms with van der Waals surface area (Å²) >= 11 is 0. The lowest BCUT2D eigenvalue weighted by atomic mass is 9.97. The summed E-state index contributed by atoms with van der Waals surface area (Å²) in [6.45, 7) is 7.78. The third kappa shape index (κ3) is 2.34. The van der Waals surface area contributed by atoms with Crippen molar-refractivity contribution in [2.45, 2.75) is 46.2 Å². The van der Waals surface area contributed by atoms with Gasteiger partial charge in [-0.05, 0) is 27.2 Å². The standard InChI is InChI=1S/C15H21N3O3/c1-6-15(4)13(19)17-14(20)18(15)8-11-10(3)12(21-5)9(2)7-16-11/h7H,6,8H2,1-5H3,(H,17,19,20). The van der Waals surface area contributed by atoms with Gasteiger partial charge in [-0.2, -0.15) is 0 Å². The molecule has 1 N–H and O–H groups in total. The molecule has 0 aromatic carbocycles. The predicted molar refractivity (Wildman–Crippen MR) is 78.0 cm³/mol. The monoisotopic (exact) mass is 291 g/mol. The second-order valence-corrected chi connectivity index (χ2v) is 5.52. The van der Waals surface area contributed by atoms with E-state index in [2.05, 4.69) is 10.3 Å². The Morgan fingerprint density at radius 3 is 2.62 bits per heavy atom. The van der Waals surface area contributed by atoms with Gasteiger partial charge in [0, 0.05) is 17.3 Å². The summed E-state index contributed by atoms with van der Waals surface area (Å²) in [5.41, 5.74) is 1.74. The van der Waals surface area contributed by atoms with Gasteiger partial charge in [-0.3, -0.25) is 15.1 Å². The summed E-state index contributed by atoms with van der Waals surface area (Å²) in [7, 11) is 1.61. The molecule has 114 valence electrons. The van der Waals surface area contributed by atoms with Gasteiger partial charge in [-0.25, -0.2) is 4.79 Å². The van der Waals surface area contributed by atoms with Crippen LogP contribution in [0.1, 0.15) is 37.1 Å². The van der Waals surface area contributed by atoms with Gasteiger partial charge in [0.15, 0.2) is 0 Å². The van der Waals surface area contributed by atoms with Crippen LogP contribution in [0.15, 0.2) is 6.20 Å². The highest BCUT2D eigenvalue weighted by atomic mass is 16.5. The number of carbonyl (C=O) groups is 2. The summed E-state index contributed by atoms with van der Waals surface area (Å²) in [5.74, 6) is 0.510. The molecule has 6 nitrogen and oxygen atoms in total. The highest BCUT2D eigenvalue weighted by molar-refractivity contribution is 6.06. The van der Waals surface area contributed by atoms with Crippen LogP contribution in [-0.2, 0) is 11.3 Å². The Labute approximate surface area is 124 Å². The van der Waals surface area contributed by atoms with Crippen LogP contribution >= 0.6 is 0 Å². The van der Waals surface area contributed by atoms with Crippen LogP contribution in [0.25, 0.3) is 0 Å². The number of carbonyl (C=O) groups excluding carboxylic acids is 2. The molecular weight excluding hydrogens is 270 g/mol. The zero-order valence-electron chi connectivity index (χ0n) is 13.1. The first-order valence-electron chi connectivity index (χ1n) is 6.97. The Morgan fingerprint density at radius 2 is 2.05 bits per heavy atom. The minimum Gasteiger partial charge on any atom is -0.496 e. The molecule has 2 rings (SSSR count). The van der Waals surface area contributed by atoms with E-state index in [4.69, 9.17) is 4.74 Å². The van der Waals surface area contributed by atoms with Gasteiger partial charge in [-0.15, -0.1) is 0 Å². The van der Waals surface area contributed by atoms with E-state index in [1.54, 1.807) is 25.1 Å².